The lowest BCUT2D eigenvalue weighted by Crippen LogP contribution is -2.51. The normalized spacial score (nSPS) is 42.4. The maximum atomic E-state index is 6.52. The number of fused-ring (bicyclic) bond motifs is 5. The Balaban J connectivity index is 1.56. The maximum Gasteiger partial charge on any atom is 0.184 e. The van der Waals surface area contributed by atoms with E-state index in [1.165, 1.54) is 50.5 Å². The molecule has 0 radical (unpaired) electrons. The lowest BCUT2D eigenvalue weighted by molar-refractivity contribution is -0.0262. The molecule has 0 bridgehead atoms. The van der Waals surface area contributed by atoms with Crippen LogP contribution in [0.3, 0.4) is 0 Å². The van der Waals surface area contributed by atoms with Crippen LogP contribution in [0.15, 0.2) is 28.5 Å². The van der Waals surface area contributed by atoms with Gasteiger partial charge < -0.3 is 9.26 Å². The summed E-state index contributed by atoms with van der Waals surface area (Å²) in [5.41, 5.74) is 4.92. The van der Waals surface area contributed by atoms with Gasteiger partial charge in [-0.1, -0.05) is 36.7 Å². The molecule has 4 aliphatic carbocycles. The van der Waals surface area contributed by atoms with Crippen molar-refractivity contribution in [3.63, 3.8) is 0 Å². The Morgan fingerprint density at radius 1 is 1.03 bits per heavy atom. The molecule has 0 saturated heterocycles. The second kappa shape index (κ2) is 7.37. The molecule has 0 heterocycles. The lowest BCUT2D eigenvalue weighted by Gasteiger charge is -2.58. The highest BCUT2D eigenvalue weighted by Crippen LogP contribution is 2.65. The molecular weight excluding hydrogens is 374 g/mol. The van der Waals surface area contributed by atoms with Gasteiger partial charge in [0.1, 0.15) is 7.11 Å². The highest BCUT2D eigenvalue weighted by atomic mass is 28.4. The number of hydrogen-bond acceptors (Lipinski definition) is 3. The highest BCUT2D eigenvalue weighted by Gasteiger charge is 2.57. The molecule has 0 aromatic carbocycles. The molecule has 3 nitrogen and oxygen atoms in total. The van der Waals surface area contributed by atoms with Gasteiger partial charge in [-0.2, -0.15) is 0 Å². The van der Waals surface area contributed by atoms with Crippen LogP contribution >= 0.6 is 0 Å². The number of hydrogen-bond donors (Lipinski definition) is 0. The van der Waals surface area contributed by atoms with E-state index in [-0.39, 0.29) is 5.41 Å². The summed E-state index contributed by atoms with van der Waals surface area (Å²) in [6.45, 7) is 14.2. The Morgan fingerprint density at radius 3 is 2.45 bits per heavy atom. The summed E-state index contributed by atoms with van der Waals surface area (Å²) >= 11 is 0. The SMILES string of the molecule is CO/N=C(\C)C1=CC[C@H]2[C@@H]3CC=C4CC(O[Si](C)(C)C)CC[C@]4(C)[C@H]3CC[C@]12C. The quantitative estimate of drug-likeness (QED) is 0.221. The first kappa shape index (κ1) is 21.4. The highest BCUT2D eigenvalue weighted by molar-refractivity contribution is 6.69. The predicted octanol–water partition coefficient (Wildman–Crippen LogP) is 6.73. The van der Waals surface area contributed by atoms with Crippen LogP contribution in [0.1, 0.15) is 65.7 Å². The van der Waals surface area contributed by atoms with Crippen molar-refractivity contribution in [3.8, 4) is 0 Å². The molecule has 29 heavy (non-hydrogen) atoms. The molecule has 4 aliphatic rings. The molecule has 0 aromatic rings. The van der Waals surface area contributed by atoms with Crippen LogP contribution in [-0.4, -0.2) is 27.2 Å². The fourth-order valence-corrected chi connectivity index (χ4v) is 8.74. The molecule has 1 unspecified atom stereocenters. The molecule has 0 amide bonds. The van der Waals surface area contributed by atoms with Crippen molar-refractivity contribution in [2.24, 2.45) is 33.7 Å². The van der Waals surface area contributed by atoms with Gasteiger partial charge in [-0.3, -0.25) is 0 Å². The van der Waals surface area contributed by atoms with Crippen LogP contribution in [0.5, 0.6) is 0 Å². The van der Waals surface area contributed by atoms with E-state index in [1.54, 1.807) is 12.7 Å². The van der Waals surface area contributed by atoms with Crippen LogP contribution in [0.2, 0.25) is 19.6 Å². The molecule has 4 heteroatoms. The van der Waals surface area contributed by atoms with E-state index < -0.39 is 8.32 Å². The van der Waals surface area contributed by atoms with Crippen molar-refractivity contribution in [3.05, 3.63) is 23.3 Å². The van der Waals surface area contributed by atoms with Gasteiger partial charge in [0.25, 0.3) is 0 Å². The van der Waals surface area contributed by atoms with Gasteiger partial charge >= 0.3 is 0 Å². The van der Waals surface area contributed by atoms with Gasteiger partial charge in [-0.25, -0.2) is 0 Å². The Hall–Kier alpha value is -0.873. The minimum absolute atomic E-state index is 0.271. The molecule has 2 saturated carbocycles. The largest absolute Gasteiger partial charge is 0.414 e. The number of rotatable bonds is 4. The van der Waals surface area contributed by atoms with Crippen LogP contribution in [0, 0.1) is 28.6 Å². The third-order valence-electron chi connectivity index (χ3n) is 8.78. The molecule has 6 atom stereocenters. The average Bonchev–Trinajstić information content (AvgIpc) is 2.98. The van der Waals surface area contributed by atoms with E-state index in [1.807, 2.05) is 0 Å². The average molecular weight is 416 g/mol. The molecule has 2 fully saturated rings. The van der Waals surface area contributed by atoms with Crippen molar-refractivity contribution >= 4 is 14.0 Å². The van der Waals surface area contributed by atoms with Crippen molar-refractivity contribution < 1.29 is 9.26 Å². The summed E-state index contributed by atoms with van der Waals surface area (Å²) in [6, 6.07) is 0. The van der Waals surface area contributed by atoms with Gasteiger partial charge in [0.05, 0.1) is 5.71 Å². The summed E-state index contributed by atoms with van der Waals surface area (Å²) in [5, 5.41) is 4.29. The van der Waals surface area contributed by atoms with E-state index in [2.05, 4.69) is 57.7 Å². The standard InChI is InChI=1S/C25H41NO2Si/c1-17(26-27-4)21-10-11-22-20-9-8-18-16-19(28-29(5,6)7)12-14-24(18,2)23(20)13-15-25(21,22)3/h8,10,19-20,22-23H,9,11-16H2,1-7H3/b26-17+/t19?,20-,22-,23-,24-,25+/m0/s1. The molecule has 162 valence electrons. The van der Waals surface area contributed by atoms with Gasteiger partial charge in [-0.05, 0) is 106 Å². The van der Waals surface area contributed by atoms with Gasteiger partial charge in [-0.15, -0.1) is 0 Å². The fraction of sp³-hybridized carbons (Fsp3) is 0.800. The van der Waals surface area contributed by atoms with Crippen molar-refractivity contribution in [2.45, 2.75) is 91.5 Å². The lowest BCUT2D eigenvalue weighted by atomic mass is 9.47. The molecule has 0 aromatic heterocycles. The second-order valence-corrected chi connectivity index (χ2v) is 16.0. The van der Waals surface area contributed by atoms with E-state index in [9.17, 15) is 0 Å². The molecular formula is C25H41NO2Si. The summed E-state index contributed by atoms with van der Waals surface area (Å²) in [4.78, 5) is 5.11. The van der Waals surface area contributed by atoms with Crippen LogP contribution in [0.25, 0.3) is 0 Å². The number of allylic oxidation sites excluding steroid dienone is 3. The zero-order valence-corrected chi connectivity index (χ0v) is 20.7. The van der Waals surface area contributed by atoms with Gasteiger partial charge in [0.2, 0.25) is 0 Å². The maximum absolute atomic E-state index is 6.52. The number of nitrogens with zero attached hydrogens (tertiary/aromatic N) is 1. The van der Waals surface area contributed by atoms with Crippen molar-refractivity contribution in [2.75, 3.05) is 7.11 Å². The van der Waals surface area contributed by atoms with Crippen LogP contribution in [-0.2, 0) is 9.26 Å². The Morgan fingerprint density at radius 2 is 1.76 bits per heavy atom. The molecule has 0 N–H and O–H groups in total. The van der Waals surface area contributed by atoms with E-state index in [0.717, 1.165) is 23.5 Å². The smallest absolute Gasteiger partial charge is 0.184 e. The van der Waals surface area contributed by atoms with E-state index in [0.29, 0.717) is 11.5 Å². The van der Waals surface area contributed by atoms with Crippen molar-refractivity contribution in [1.29, 1.82) is 0 Å². The topological polar surface area (TPSA) is 30.8 Å². The molecule has 0 spiro atoms. The Kier molecular flexibility index (Phi) is 5.43. The third-order valence-corrected chi connectivity index (χ3v) is 9.82. The first-order valence-electron chi connectivity index (χ1n) is 11.7. The summed E-state index contributed by atoms with van der Waals surface area (Å²) in [5.74, 6) is 2.39. The third kappa shape index (κ3) is 3.58. The van der Waals surface area contributed by atoms with E-state index in [4.69, 9.17) is 9.26 Å². The monoisotopic (exact) mass is 415 g/mol. The van der Waals surface area contributed by atoms with Gasteiger partial charge in [0, 0.05) is 6.10 Å². The Labute approximate surface area is 179 Å². The second-order valence-electron chi connectivity index (χ2n) is 11.5. The summed E-state index contributed by atoms with van der Waals surface area (Å²) in [6.07, 6.45) is 14.4. The van der Waals surface area contributed by atoms with E-state index >= 15 is 0 Å². The molecule has 4 rings (SSSR count). The summed E-state index contributed by atoms with van der Waals surface area (Å²) < 4.78 is 6.52. The van der Waals surface area contributed by atoms with Crippen LogP contribution < -0.4 is 0 Å². The first-order chi connectivity index (χ1) is 13.6. The van der Waals surface area contributed by atoms with Gasteiger partial charge in [0.15, 0.2) is 8.32 Å². The number of oxime groups is 1. The predicted molar refractivity (Wildman–Crippen MR) is 124 cm³/mol. The summed E-state index contributed by atoms with van der Waals surface area (Å²) in [7, 11) is 0.190. The fourth-order valence-electron chi connectivity index (χ4n) is 7.54. The molecule has 0 aliphatic heterocycles. The minimum atomic E-state index is -1.47. The Bertz CT molecular complexity index is 748. The minimum Gasteiger partial charge on any atom is -0.414 e. The van der Waals surface area contributed by atoms with Crippen molar-refractivity contribution in [1.82, 2.24) is 0 Å². The van der Waals surface area contributed by atoms with Crippen LogP contribution in [0.4, 0.5) is 0 Å². The zero-order chi connectivity index (χ0) is 21.0. The first-order valence-corrected chi connectivity index (χ1v) is 15.2. The zero-order valence-electron chi connectivity index (χ0n) is 19.7.